The summed E-state index contributed by atoms with van der Waals surface area (Å²) in [5.74, 6) is -0.889. The molecule has 0 bridgehead atoms. The van der Waals surface area contributed by atoms with Crippen molar-refractivity contribution in [3.8, 4) is 0 Å². The molecule has 0 unspecified atom stereocenters. The van der Waals surface area contributed by atoms with Gasteiger partial charge in [-0.25, -0.2) is 0 Å². The second-order valence-electron chi connectivity index (χ2n) is 5.67. The third-order valence-corrected chi connectivity index (χ3v) is 4.15. The Kier molecular flexibility index (Phi) is 3.51. The van der Waals surface area contributed by atoms with Gasteiger partial charge in [-0.1, -0.05) is 48.5 Å². The Bertz CT molecular complexity index is 1020. The molecule has 0 spiro atoms. The number of anilines is 1. The van der Waals surface area contributed by atoms with E-state index in [1.165, 1.54) is 0 Å². The fourth-order valence-electron chi connectivity index (χ4n) is 2.95. The molecule has 4 nitrogen and oxygen atoms in total. The number of hydrogen-bond acceptors (Lipinski definition) is 3. The van der Waals surface area contributed by atoms with Crippen molar-refractivity contribution in [1.82, 2.24) is 0 Å². The lowest BCUT2D eigenvalue weighted by Gasteiger charge is -2.20. The molecule has 1 amide bonds. The zero-order valence-corrected chi connectivity index (χ0v) is 13.1. The van der Waals surface area contributed by atoms with Crippen molar-refractivity contribution in [2.24, 2.45) is 0 Å². The number of fused-ring (bicyclic) bond motifs is 2. The number of benzene rings is 3. The van der Waals surface area contributed by atoms with Gasteiger partial charge in [-0.2, -0.15) is 0 Å². The van der Waals surface area contributed by atoms with E-state index in [0.29, 0.717) is 22.4 Å². The first-order valence-electron chi connectivity index (χ1n) is 7.76. The van der Waals surface area contributed by atoms with Crippen LogP contribution in [0.3, 0.4) is 0 Å². The normalized spacial score (nSPS) is 12.3. The summed E-state index contributed by atoms with van der Waals surface area (Å²) >= 11 is 0. The number of hydrogen-bond donors (Lipinski definition) is 1. The molecule has 25 heavy (non-hydrogen) atoms. The lowest BCUT2D eigenvalue weighted by Crippen LogP contribution is -2.24. The average molecular weight is 326 g/mol. The van der Waals surface area contributed by atoms with Crippen LogP contribution < -0.4 is 5.32 Å². The van der Waals surface area contributed by atoms with Crippen molar-refractivity contribution in [2.75, 3.05) is 5.32 Å². The fourth-order valence-corrected chi connectivity index (χ4v) is 2.95. The molecule has 1 N–H and O–H groups in total. The van der Waals surface area contributed by atoms with Gasteiger partial charge < -0.3 is 5.32 Å². The summed E-state index contributed by atoms with van der Waals surface area (Å²) in [5, 5.41) is 2.74. The summed E-state index contributed by atoms with van der Waals surface area (Å²) in [4.78, 5) is 38.0. The summed E-state index contributed by atoms with van der Waals surface area (Å²) in [6.07, 6.45) is 0. The molecule has 119 valence electrons. The van der Waals surface area contributed by atoms with Gasteiger partial charge >= 0.3 is 0 Å². The second-order valence-corrected chi connectivity index (χ2v) is 5.67. The third-order valence-electron chi connectivity index (χ3n) is 4.15. The maximum Gasteiger partial charge on any atom is 0.255 e. The van der Waals surface area contributed by atoms with Crippen molar-refractivity contribution < 1.29 is 14.4 Å². The van der Waals surface area contributed by atoms with Crippen molar-refractivity contribution in [2.45, 2.75) is 0 Å². The van der Waals surface area contributed by atoms with E-state index in [9.17, 15) is 14.4 Å². The summed E-state index contributed by atoms with van der Waals surface area (Å²) in [7, 11) is 0. The minimum absolute atomic E-state index is 0.189. The first-order valence-corrected chi connectivity index (χ1v) is 7.76. The minimum Gasteiger partial charge on any atom is -0.321 e. The largest absolute Gasteiger partial charge is 0.321 e. The van der Waals surface area contributed by atoms with Crippen LogP contribution >= 0.6 is 0 Å². The number of ketones is 2. The van der Waals surface area contributed by atoms with E-state index in [0.717, 1.165) is 0 Å². The van der Waals surface area contributed by atoms with Gasteiger partial charge in [-0.05, 0) is 24.3 Å². The molecular formula is C21H12NO3. The molecule has 0 heterocycles. The zero-order chi connectivity index (χ0) is 17.4. The van der Waals surface area contributed by atoms with Crippen LogP contribution in [0.2, 0.25) is 0 Å². The Hall–Kier alpha value is -3.53. The molecule has 3 aromatic carbocycles. The van der Waals surface area contributed by atoms with Crippen LogP contribution in [-0.2, 0) is 0 Å². The van der Waals surface area contributed by atoms with Gasteiger partial charge in [0.25, 0.3) is 5.91 Å². The minimum atomic E-state index is -0.340. The molecule has 0 aliphatic heterocycles. The standard InChI is InChI=1S/C21H12NO3/c23-19-14-9-4-5-10-15(14)20(24)18-16(19)11-6-12-17(18)22-21(25)13-7-2-1-3-8-13/h1-10,12H,(H,22,25). The smallest absolute Gasteiger partial charge is 0.255 e. The number of carbonyl (C=O) groups excluding carboxylic acids is 3. The van der Waals surface area contributed by atoms with Crippen LogP contribution in [0.5, 0.6) is 0 Å². The molecule has 0 saturated heterocycles. The maximum absolute atomic E-state index is 12.9. The van der Waals surface area contributed by atoms with Crippen LogP contribution in [0.25, 0.3) is 0 Å². The van der Waals surface area contributed by atoms with E-state index < -0.39 is 0 Å². The van der Waals surface area contributed by atoms with E-state index in [2.05, 4.69) is 11.4 Å². The van der Waals surface area contributed by atoms with Crippen molar-refractivity contribution in [3.05, 3.63) is 101 Å². The molecule has 0 atom stereocenters. The van der Waals surface area contributed by atoms with Crippen molar-refractivity contribution >= 4 is 23.2 Å². The van der Waals surface area contributed by atoms with E-state index in [1.807, 2.05) is 6.07 Å². The maximum atomic E-state index is 12.9. The molecule has 0 saturated carbocycles. The molecular weight excluding hydrogens is 314 g/mol. The molecule has 4 heteroatoms. The Morgan fingerprint density at radius 3 is 2.16 bits per heavy atom. The van der Waals surface area contributed by atoms with E-state index in [4.69, 9.17) is 0 Å². The van der Waals surface area contributed by atoms with Gasteiger partial charge in [0.2, 0.25) is 0 Å². The van der Waals surface area contributed by atoms with Gasteiger partial charge in [0, 0.05) is 22.3 Å². The van der Waals surface area contributed by atoms with Gasteiger partial charge in [-0.3, -0.25) is 14.4 Å². The van der Waals surface area contributed by atoms with Crippen LogP contribution in [-0.4, -0.2) is 17.5 Å². The number of carbonyl (C=O) groups is 3. The molecule has 1 aliphatic rings. The predicted octanol–water partition coefficient (Wildman–Crippen LogP) is 3.51. The quantitative estimate of drug-likeness (QED) is 0.613. The molecule has 1 radical (unpaired) electrons. The Morgan fingerprint density at radius 1 is 0.800 bits per heavy atom. The predicted molar refractivity (Wildman–Crippen MR) is 93.0 cm³/mol. The summed E-state index contributed by atoms with van der Waals surface area (Å²) in [6, 6.07) is 21.3. The fraction of sp³-hybridized carbons (Fsp3) is 0. The summed E-state index contributed by atoms with van der Waals surface area (Å²) in [6.45, 7) is 0. The summed E-state index contributed by atoms with van der Waals surface area (Å²) in [5.41, 5.74) is 1.87. The monoisotopic (exact) mass is 326 g/mol. The van der Waals surface area contributed by atoms with Crippen LogP contribution in [0.1, 0.15) is 42.2 Å². The topological polar surface area (TPSA) is 63.2 Å². The number of rotatable bonds is 2. The van der Waals surface area contributed by atoms with Gasteiger partial charge in [-0.15, -0.1) is 0 Å². The third kappa shape index (κ3) is 2.44. The molecule has 0 aromatic heterocycles. The number of amides is 1. The zero-order valence-electron chi connectivity index (χ0n) is 13.1. The molecule has 0 fully saturated rings. The van der Waals surface area contributed by atoms with E-state index in [1.54, 1.807) is 60.7 Å². The lowest BCUT2D eigenvalue weighted by atomic mass is 9.83. The van der Waals surface area contributed by atoms with Gasteiger partial charge in [0.05, 0.1) is 11.3 Å². The second kappa shape index (κ2) is 5.83. The number of nitrogens with one attached hydrogen (secondary N) is 1. The highest BCUT2D eigenvalue weighted by molar-refractivity contribution is 6.30. The van der Waals surface area contributed by atoms with Crippen LogP contribution in [0, 0.1) is 6.07 Å². The van der Waals surface area contributed by atoms with E-state index in [-0.39, 0.29) is 28.6 Å². The Morgan fingerprint density at radius 2 is 1.44 bits per heavy atom. The SMILES string of the molecule is O=C(Nc1cc[c]c2c1C(=O)c1ccccc1C2=O)c1ccccc1. The van der Waals surface area contributed by atoms with Gasteiger partial charge in [0.1, 0.15) is 0 Å². The van der Waals surface area contributed by atoms with Crippen LogP contribution in [0.4, 0.5) is 5.69 Å². The van der Waals surface area contributed by atoms with Crippen molar-refractivity contribution in [1.29, 1.82) is 0 Å². The lowest BCUT2D eigenvalue weighted by molar-refractivity contribution is 0.0978. The molecule has 1 aliphatic carbocycles. The highest BCUT2D eigenvalue weighted by atomic mass is 16.2. The Balaban J connectivity index is 1.79. The summed E-state index contributed by atoms with van der Waals surface area (Å²) < 4.78 is 0. The van der Waals surface area contributed by atoms with Gasteiger partial charge in [0.15, 0.2) is 11.6 Å². The average Bonchev–Trinajstić information content (AvgIpc) is 2.66. The first-order chi connectivity index (χ1) is 12.2. The van der Waals surface area contributed by atoms with Crippen LogP contribution in [0.15, 0.2) is 66.7 Å². The van der Waals surface area contributed by atoms with E-state index >= 15 is 0 Å². The first kappa shape index (κ1) is 15.0. The molecule has 4 rings (SSSR count). The molecule has 3 aromatic rings. The Labute approximate surface area is 144 Å². The van der Waals surface area contributed by atoms with Crippen molar-refractivity contribution in [3.63, 3.8) is 0 Å². The highest BCUT2D eigenvalue weighted by Crippen LogP contribution is 2.31. The highest BCUT2D eigenvalue weighted by Gasteiger charge is 2.31.